The lowest BCUT2D eigenvalue weighted by Crippen LogP contribution is -2.55. The first-order valence-electron chi connectivity index (χ1n) is 9.08. The van der Waals surface area contributed by atoms with Crippen LogP contribution in [-0.4, -0.2) is 71.5 Å². The number of hydrogen-bond acceptors (Lipinski definition) is 4. The highest BCUT2D eigenvalue weighted by Crippen LogP contribution is 2.14. The second-order valence-electron chi connectivity index (χ2n) is 6.48. The van der Waals surface area contributed by atoms with E-state index in [9.17, 15) is 14.4 Å². The monoisotopic (exact) mass is 372 g/mol. The van der Waals surface area contributed by atoms with Gasteiger partial charge in [-0.15, -0.1) is 0 Å². The number of nitrogens with zero attached hydrogens (tertiary/aromatic N) is 2. The fourth-order valence-electron chi connectivity index (χ4n) is 3.13. The van der Waals surface area contributed by atoms with Crippen molar-refractivity contribution >= 4 is 28.8 Å². The molecule has 144 valence electrons. The van der Waals surface area contributed by atoms with Gasteiger partial charge in [0.1, 0.15) is 11.7 Å². The Bertz CT molecular complexity index is 806. The number of rotatable bonds is 4. The van der Waals surface area contributed by atoms with Gasteiger partial charge >= 0.3 is 6.09 Å². The number of aromatic nitrogens is 1. The summed E-state index contributed by atoms with van der Waals surface area (Å²) in [5.41, 5.74) is 1.29. The van der Waals surface area contributed by atoms with E-state index in [0.29, 0.717) is 38.5 Å². The number of para-hydroxylation sites is 1. The molecule has 1 fully saturated rings. The normalized spacial score (nSPS) is 15.5. The van der Waals surface area contributed by atoms with Crippen molar-refractivity contribution in [2.75, 3.05) is 32.8 Å². The van der Waals surface area contributed by atoms with E-state index >= 15 is 0 Å². The van der Waals surface area contributed by atoms with Crippen molar-refractivity contribution in [2.24, 2.45) is 0 Å². The van der Waals surface area contributed by atoms with Crippen molar-refractivity contribution in [3.63, 3.8) is 0 Å². The van der Waals surface area contributed by atoms with Crippen LogP contribution < -0.4 is 5.32 Å². The zero-order valence-electron chi connectivity index (χ0n) is 15.5. The molecule has 0 saturated carbocycles. The largest absolute Gasteiger partial charge is 0.450 e. The minimum atomic E-state index is -0.655. The highest BCUT2D eigenvalue weighted by atomic mass is 16.6. The fraction of sp³-hybridized carbons (Fsp3) is 0.421. The van der Waals surface area contributed by atoms with E-state index in [0.717, 1.165) is 10.9 Å². The maximum Gasteiger partial charge on any atom is 0.409 e. The SMILES string of the molecule is CCOC(=O)N1CCN(C(=O)[C@@H](C)NC(=O)c2cc3ccccc3[nH]2)CC1. The van der Waals surface area contributed by atoms with E-state index in [1.165, 1.54) is 0 Å². The van der Waals surface area contributed by atoms with Gasteiger partial charge in [-0.05, 0) is 26.0 Å². The predicted octanol–water partition coefficient (Wildman–Crippen LogP) is 1.59. The van der Waals surface area contributed by atoms with Crippen LogP contribution >= 0.6 is 0 Å². The Morgan fingerprint density at radius 1 is 1.15 bits per heavy atom. The molecule has 2 heterocycles. The molecule has 0 radical (unpaired) electrons. The minimum absolute atomic E-state index is 0.164. The number of benzene rings is 1. The molecular weight excluding hydrogens is 348 g/mol. The van der Waals surface area contributed by atoms with Crippen LogP contribution in [0.3, 0.4) is 0 Å². The molecule has 1 saturated heterocycles. The molecule has 1 aromatic carbocycles. The lowest BCUT2D eigenvalue weighted by Gasteiger charge is -2.35. The van der Waals surface area contributed by atoms with Crippen molar-refractivity contribution in [1.82, 2.24) is 20.1 Å². The number of H-pyrrole nitrogens is 1. The van der Waals surface area contributed by atoms with Gasteiger partial charge in [-0.2, -0.15) is 0 Å². The molecule has 8 nitrogen and oxygen atoms in total. The molecule has 3 rings (SSSR count). The molecule has 0 bridgehead atoms. The van der Waals surface area contributed by atoms with Crippen LogP contribution in [0, 0.1) is 0 Å². The van der Waals surface area contributed by atoms with Crippen LogP contribution in [-0.2, 0) is 9.53 Å². The molecular formula is C19H24N4O4. The Hall–Kier alpha value is -3.03. The lowest BCUT2D eigenvalue weighted by molar-refractivity contribution is -0.134. The van der Waals surface area contributed by atoms with E-state index in [2.05, 4.69) is 10.3 Å². The summed E-state index contributed by atoms with van der Waals surface area (Å²) in [7, 11) is 0. The average Bonchev–Trinajstić information content (AvgIpc) is 3.12. The third kappa shape index (κ3) is 4.21. The maximum absolute atomic E-state index is 12.6. The highest BCUT2D eigenvalue weighted by Gasteiger charge is 2.28. The summed E-state index contributed by atoms with van der Waals surface area (Å²) < 4.78 is 4.97. The van der Waals surface area contributed by atoms with E-state index < -0.39 is 6.04 Å². The number of nitrogens with one attached hydrogen (secondary N) is 2. The second kappa shape index (κ2) is 8.11. The quantitative estimate of drug-likeness (QED) is 0.852. The fourth-order valence-corrected chi connectivity index (χ4v) is 3.13. The number of hydrogen-bond donors (Lipinski definition) is 2. The zero-order valence-corrected chi connectivity index (χ0v) is 15.5. The van der Waals surface area contributed by atoms with Crippen LogP contribution in [0.15, 0.2) is 30.3 Å². The van der Waals surface area contributed by atoms with E-state index in [4.69, 9.17) is 4.74 Å². The maximum atomic E-state index is 12.6. The van der Waals surface area contributed by atoms with Crippen LogP contribution in [0.1, 0.15) is 24.3 Å². The summed E-state index contributed by atoms with van der Waals surface area (Å²) in [6.07, 6.45) is -0.357. The van der Waals surface area contributed by atoms with Gasteiger partial charge in [0.2, 0.25) is 5.91 Å². The number of carbonyl (C=O) groups excluding carboxylic acids is 3. The Balaban J connectivity index is 1.54. The van der Waals surface area contributed by atoms with Crippen molar-refractivity contribution in [3.05, 3.63) is 36.0 Å². The Kier molecular flexibility index (Phi) is 5.63. The predicted molar refractivity (Wildman–Crippen MR) is 100 cm³/mol. The molecule has 0 unspecified atom stereocenters. The van der Waals surface area contributed by atoms with Gasteiger partial charge in [-0.3, -0.25) is 9.59 Å². The summed E-state index contributed by atoms with van der Waals surface area (Å²) in [5.74, 6) is -0.486. The zero-order chi connectivity index (χ0) is 19.4. The highest BCUT2D eigenvalue weighted by molar-refractivity contribution is 6.00. The summed E-state index contributed by atoms with van der Waals surface area (Å²) in [5, 5.41) is 3.68. The topological polar surface area (TPSA) is 94.7 Å². The molecule has 0 aliphatic carbocycles. The Morgan fingerprint density at radius 2 is 1.81 bits per heavy atom. The molecule has 2 aromatic rings. The van der Waals surface area contributed by atoms with Gasteiger partial charge in [-0.1, -0.05) is 18.2 Å². The van der Waals surface area contributed by atoms with Crippen molar-refractivity contribution in [2.45, 2.75) is 19.9 Å². The van der Waals surface area contributed by atoms with Gasteiger partial charge in [0.05, 0.1) is 6.61 Å². The van der Waals surface area contributed by atoms with Gasteiger partial charge in [0, 0.05) is 37.1 Å². The van der Waals surface area contributed by atoms with Crippen LogP contribution in [0.5, 0.6) is 0 Å². The number of ether oxygens (including phenoxy) is 1. The number of fused-ring (bicyclic) bond motifs is 1. The van der Waals surface area contributed by atoms with Crippen LogP contribution in [0.2, 0.25) is 0 Å². The van der Waals surface area contributed by atoms with Crippen molar-refractivity contribution < 1.29 is 19.1 Å². The number of aromatic amines is 1. The first-order valence-corrected chi connectivity index (χ1v) is 9.08. The molecule has 1 aromatic heterocycles. The van der Waals surface area contributed by atoms with Crippen molar-refractivity contribution in [1.29, 1.82) is 0 Å². The average molecular weight is 372 g/mol. The van der Waals surface area contributed by atoms with Gasteiger partial charge < -0.3 is 24.8 Å². The molecule has 8 heteroatoms. The third-order valence-electron chi connectivity index (χ3n) is 4.61. The smallest absolute Gasteiger partial charge is 0.409 e. The number of piperazine rings is 1. The molecule has 1 aliphatic heterocycles. The van der Waals surface area contributed by atoms with E-state index in [1.807, 2.05) is 24.3 Å². The van der Waals surface area contributed by atoms with E-state index in [-0.39, 0.29) is 17.9 Å². The number of amides is 3. The van der Waals surface area contributed by atoms with Crippen LogP contribution in [0.4, 0.5) is 4.79 Å². The number of carbonyl (C=O) groups is 3. The molecule has 1 aliphatic rings. The lowest BCUT2D eigenvalue weighted by atomic mass is 10.2. The van der Waals surface area contributed by atoms with Gasteiger partial charge in [0.25, 0.3) is 5.91 Å². The van der Waals surface area contributed by atoms with Crippen LogP contribution in [0.25, 0.3) is 10.9 Å². The van der Waals surface area contributed by atoms with E-state index in [1.54, 1.807) is 29.7 Å². The molecule has 27 heavy (non-hydrogen) atoms. The Morgan fingerprint density at radius 3 is 2.48 bits per heavy atom. The first kappa shape index (κ1) is 18.8. The first-order chi connectivity index (χ1) is 13.0. The summed E-state index contributed by atoms with van der Waals surface area (Å²) in [6, 6.07) is 8.71. The summed E-state index contributed by atoms with van der Waals surface area (Å²) in [6.45, 7) is 5.44. The van der Waals surface area contributed by atoms with Crippen molar-refractivity contribution in [3.8, 4) is 0 Å². The Labute approximate surface area is 157 Å². The molecule has 3 amide bonds. The summed E-state index contributed by atoms with van der Waals surface area (Å²) in [4.78, 5) is 43.1. The third-order valence-corrected chi connectivity index (χ3v) is 4.61. The molecule has 1 atom stereocenters. The summed E-state index contributed by atoms with van der Waals surface area (Å²) >= 11 is 0. The van der Waals surface area contributed by atoms with Gasteiger partial charge in [-0.25, -0.2) is 4.79 Å². The van der Waals surface area contributed by atoms with Gasteiger partial charge in [0.15, 0.2) is 0 Å². The molecule has 0 spiro atoms. The minimum Gasteiger partial charge on any atom is -0.450 e. The standard InChI is InChI=1S/C19H24N4O4/c1-3-27-19(26)23-10-8-22(9-11-23)18(25)13(2)20-17(24)16-12-14-6-4-5-7-15(14)21-16/h4-7,12-13,21H,3,8-11H2,1-2H3,(H,20,24)/t13-/m1/s1. The molecule has 2 N–H and O–H groups in total. The second-order valence-corrected chi connectivity index (χ2v) is 6.48.